The van der Waals surface area contributed by atoms with E-state index in [1.807, 2.05) is 0 Å². The summed E-state index contributed by atoms with van der Waals surface area (Å²) in [5.74, 6) is -0.922. The van der Waals surface area contributed by atoms with Gasteiger partial charge in [-0.2, -0.15) is 0 Å². The number of hydrogen-bond donors (Lipinski definition) is 0. The van der Waals surface area contributed by atoms with Crippen LogP contribution in [0.5, 0.6) is 0 Å². The lowest BCUT2D eigenvalue weighted by atomic mass is 10.1. The van der Waals surface area contributed by atoms with E-state index in [-0.39, 0.29) is 31.1 Å². The Balaban J connectivity index is 4.27. The van der Waals surface area contributed by atoms with Crippen LogP contribution >= 0.6 is 0 Å². The van der Waals surface area contributed by atoms with Crippen LogP contribution in [0.3, 0.4) is 0 Å². The fraction of sp³-hybridized carbons (Fsp3) is 0.632. The number of hydrogen-bond acceptors (Lipinski definition) is 6. The molecule has 418 valence electrons. The lowest BCUT2D eigenvalue weighted by Crippen LogP contribution is -2.30. The van der Waals surface area contributed by atoms with Gasteiger partial charge in [0.1, 0.15) is 13.2 Å². The number of unbranched alkanes of at least 4 members (excludes halogenated alkanes) is 20. The maximum absolute atomic E-state index is 12.8. The van der Waals surface area contributed by atoms with Gasteiger partial charge >= 0.3 is 17.9 Å². The Morgan fingerprint density at radius 3 is 0.824 bits per heavy atom. The van der Waals surface area contributed by atoms with Gasteiger partial charge in [0.2, 0.25) is 0 Å². The lowest BCUT2D eigenvalue weighted by molar-refractivity contribution is -0.167. The first-order valence-electron chi connectivity index (χ1n) is 30.2. The number of ether oxygens (including phenoxy) is 3. The quantitative estimate of drug-likeness (QED) is 0.0261. The molecule has 0 aromatic heterocycles. The molecule has 6 heteroatoms. The van der Waals surface area contributed by atoms with E-state index in [0.717, 1.165) is 148 Å². The van der Waals surface area contributed by atoms with Crippen LogP contribution in [0.4, 0.5) is 0 Å². The zero-order chi connectivity index (χ0) is 53.6. The SMILES string of the molecule is CC/C=C\C/C=C\C/C=C\C/C=C\C/C=C\C/C=C\C/C=C\CCCCCCCCCC(=O)OCC(COC(=O)CCCCCCCCCC)OC(=O)CCCCCCCC/C=C\C/C=C\C/C=C\C/C=C\CC. The smallest absolute Gasteiger partial charge is 0.306 e. The molecule has 0 aliphatic heterocycles. The first-order chi connectivity index (χ1) is 36.5. The molecule has 0 amide bonds. The molecule has 0 aromatic carbocycles. The highest BCUT2D eigenvalue weighted by Gasteiger charge is 2.19. The molecule has 1 atom stereocenters. The van der Waals surface area contributed by atoms with Crippen molar-refractivity contribution in [1.29, 1.82) is 0 Å². The van der Waals surface area contributed by atoms with Crippen molar-refractivity contribution in [2.75, 3.05) is 13.2 Å². The van der Waals surface area contributed by atoms with Crippen LogP contribution in [0.15, 0.2) is 134 Å². The maximum atomic E-state index is 12.8. The molecule has 0 bridgehead atoms. The van der Waals surface area contributed by atoms with E-state index >= 15 is 0 Å². The minimum Gasteiger partial charge on any atom is -0.462 e. The molecule has 1 unspecified atom stereocenters. The minimum absolute atomic E-state index is 0.0899. The third-order valence-electron chi connectivity index (χ3n) is 12.4. The number of esters is 3. The molecule has 0 saturated carbocycles. The summed E-state index contributed by atoms with van der Waals surface area (Å²) in [6.45, 7) is 6.36. The molecule has 0 rings (SSSR count). The molecule has 0 aliphatic carbocycles. The van der Waals surface area contributed by atoms with E-state index in [4.69, 9.17) is 14.2 Å². The van der Waals surface area contributed by atoms with Crippen molar-refractivity contribution in [2.24, 2.45) is 0 Å². The van der Waals surface area contributed by atoms with Crippen molar-refractivity contribution in [1.82, 2.24) is 0 Å². The van der Waals surface area contributed by atoms with E-state index in [1.54, 1.807) is 0 Å². The van der Waals surface area contributed by atoms with E-state index < -0.39 is 6.10 Å². The van der Waals surface area contributed by atoms with E-state index in [9.17, 15) is 14.4 Å². The molecule has 0 spiro atoms. The van der Waals surface area contributed by atoms with Gasteiger partial charge in [0.15, 0.2) is 6.10 Å². The second-order valence-corrected chi connectivity index (χ2v) is 19.5. The molecule has 0 radical (unpaired) electrons. The van der Waals surface area contributed by atoms with Gasteiger partial charge in [-0.3, -0.25) is 14.4 Å². The van der Waals surface area contributed by atoms with E-state index in [2.05, 4.69) is 154 Å². The minimum atomic E-state index is -0.793. The Hall–Kier alpha value is -4.45. The summed E-state index contributed by atoms with van der Waals surface area (Å²) in [4.78, 5) is 38.1. The summed E-state index contributed by atoms with van der Waals surface area (Å²) in [6.07, 6.45) is 86.0. The van der Waals surface area contributed by atoms with Crippen LogP contribution < -0.4 is 0 Å². The summed E-state index contributed by atoms with van der Waals surface area (Å²) in [5.41, 5.74) is 0. The van der Waals surface area contributed by atoms with Gasteiger partial charge in [-0.1, -0.05) is 257 Å². The molecule has 0 N–H and O–H groups in total. The summed E-state index contributed by atoms with van der Waals surface area (Å²) in [7, 11) is 0. The molecule has 0 aromatic rings. The molecule has 6 nitrogen and oxygen atoms in total. The summed E-state index contributed by atoms with van der Waals surface area (Å²) in [6, 6.07) is 0. The summed E-state index contributed by atoms with van der Waals surface area (Å²) < 4.78 is 16.8. The molecule has 0 heterocycles. The largest absolute Gasteiger partial charge is 0.462 e. The van der Waals surface area contributed by atoms with Crippen molar-refractivity contribution in [3.8, 4) is 0 Å². The number of allylic oxidation sites excluding steroid dienone is 22. The van der Waals surface area contributed by atoms with Gasteiger partial charge in [0, 0.05) is 19.3 Å². The zero-order valence-corrected chi connectivity index (χ0v) is 47.8. The second-order valence-electron chi connectivity index (χ2n) is 19.5. The highest BCUT2D eigenvalue weighted by molar-refractivity contribution is 5.71. The van der Waals surface area contributed by atoms with Gasteiger partial charge in [-0.15, -0.1) is 0 Å². The molecular weight excluding hydrogens is 913 g/mol. The molecule has 0 aliphatic rings. The average Bonchev–Trinajstić information content (AvgIpc) is 3.40. The third kappa shape index (κ3) is 58.4. The zero-order valence-electron chi connectivity index (χ0n) is 47.8. The van der Waals surface area contributed by atoms with Gasteiger partial charge in [-0.05, 0) is 116 Å². The average molecular weight is 1020 g/mol. The predicted molar refractivity (Wildman–Crippen MR) is 320 cm³/mol. The van der Waals surface area contributed by atoms with E-state index in [1.165, 1.54) is 70.6 Å². The maximum Gasteiger partial charge on any atom is 0.306 e. The third-order valence-corrected chi connectivity index (χ3v) is 12.4. The Bertz CT molecular complexity index is 1600. The second kappa shape index (κ2) is 61.1. The van der Waals surface area contributed by atoms with Crippen LogP contribution in [0.1, 0.15) is 258 Å². The fourth-order valence-electron chi connectivity index (χ4n) is 7.94. The lowest BCUT2D eigenvalue weighted by Gasteiger charge is -2.18. The Kier molecular flexibility index (Phi) is 57.4. The number of carbonyl (C=O) groups is 3. The molecule has 74 heavy (non-hydrogen) atoms. The highest BCUT2D eigenvalue weighted by Crippen LogP contribution is 2.14. The van der Waals surface area contributed by atoms with Crippen molar-refractivity contribution >= 4 is 17.9 Å². The standard InChI is InChI=1S/C68H110O6/c1-4-7-10-13-16-19-21-23-25-27-29-30-31-32-33-34-35-36-37-38-40-41-43-45-47-49-52-55-58-61-67(70)73-64-65(63-72-66(69)60-57-54-51-18-15-12-9-6-3)74-68(71)62-59-56-53-50-48-46-44-42-39-28-26-24-22-20-17-14-11-8-5-2/h7-8,10-11,16-17,19-20,23-26,29-30,32-33,35-36,38-40,42,65H,4-6,9,12-15,18,21-22,27-28,31,34,37,41,43-64H2,1-3H3/b10-7-,11-8-,19-16-,20-17-,25-23-,26-24-,30-29-,33-32-,36-35-,40-38-,42-39-. The summed E-state index contributed by atoms with van der Waals surface area (Å²) in [5, 5.41) is 0. The predicted octanol–water partition coefficient (Wildman–Crippen LogP) is 20.6. The van der Waals surface area contributed by atoms with Gasteiger partial charge in [-0.25, -0.2) is 0 Å². The highest BCUT2D eigenvalue weighted by atomic mass is 16.6. The van der Waals surface area contributed by atoms with Crippen molar-refractivity contribution < 1.29 is 28.6 Å². The van der Waals surface area contributed by atoms with Crippen molar-refractivity contribution in [2.45, 2.75) is 264 Å². The van der Waals surface area contributed by atoms with Gasteiger partial charge in [0.05, 0.1) is 0 Å². The number of carbonyl (C=O) groups excluding carboxylic acids is 3. The number of rotatable bonds is 53. The Morgan fingerprint density at radius 1 is 0.284 bits per heavy atom. The van der Waals surface area contributed by atoms with Crippen molar-refractivity contribution in [3.05, 3.63) is 134 Å². The van der Waals surface area contributed by atoms with Crippen LogP contribution in [0.2, 0.25) is 0 Å². The summed E-state index contributed by atoms with van der Waals surface area (Å²) >= 11 is 0. The molecule has 0 fully saturated rings. The van der Waals surface area contributed by atoms with Crippen molar-refractivity contribution in [3.63, 3.8) is 0 Å². The van der Waals surface area contributed by atoms with Gasteiger partial charge < -0.3 is 14.2 Å². The Morgan fingerprint density at radius 2 is 0.527 bits per heavy atom. The van der Waals surface area contributed by atoms with Crippen LogP contribution in [0.25, 0.3) is 0 Å². The van der Waals surface area contributed by atoms with Crippen LogP contribution in [-0.2, 0) is 28.6 Å². The molecular formula is C68H110O6. The van der Waals surface area contributed by atoms with Crippen LogP contribution in [0, 0.1) is 0 Å². The Labute approximate surface area is 455 Å². The van der Waals surface area contributed by atoms with Gasteiger partial charge in [0.25, 0.3) is 0 Å². The monoisotopic (exact) mass is 1020 g/mol. The molecule has 0 saturated heterocycles. The van der Waals surface area contributed by atoms with Crippen LogP contribution in [-0.4, -0.2) is 37.2 Å². The first kappa shape index (κ1) is 69.5. The normalized spacial score (nSPS) is 13.1. The first-order valence-corrected chi connectivity index (χ1v) is 30.2. The topological polar surface area (TPSA) is 78.9 Å². The van der Waals surface area contributed by atoms with E-state index in [0.29, 0.717) is 19.3 Å². The fourth-order valence-corrected chi connectivity index (χ4v) is 7.94.